The van der Waals surface area contributed by atoms with Gasteiger partial charge in [0.25, 0.3) is 0 Å². The van der Waals surface area contributed by atoms with Crippen LogP contribution in [0.5, 0.6) is 0 Å². The molecule has 0 N–H and O–H groups in total. The maximum absolute atomic E-state index is 11.2. The number of hydrogen-bond donors (Lipinski definition) is 0. The minimum atomic E-state index is -2.77. The van der Waals surface area contributed by atoms with Crippen LogP contribution < -0.4 is 0 Å². The molecule has 0 aliphatic carbocycles. The summed E-state index contributed by atoms with van der Waals surface area (Å²) in [5, 5.41) is 0. The SMILES string of the molecule is C=COCCC1(C)CCS(=O)(=O)C1. The molecule has 0 radical (unpaired) electrons. The average Bonchev–Trinajstić information content (AvgIpc) is 2.27. The first-order valence-corrected chi connectivity index (χ1v) is 6.23. The smallest absolute Gasteiger partial charge is 0.150 e. The Kier molecular flexibility index (Phi) is 3.01. The third-order valence-corrected chi connectivity index (χ3v) is 4.49. The van der Waals surface area contributed by atoms with E-state index in [2.05, 4.69) is 6.58 Å². The van der Waals surface area contributed by atoms with Gasteiger partial charge in [0.1, 0.15) is 0 Å². The third kappa shape index (κ3) is 3.03. The maximum atomic E-state index is 11.2. The lowest BCUT2D eigenvalue weighted by molar-refractivity contribution is 0.191. The zero-order valence-electron chi connectivity index (χ0n) is 7.95. The zero-order valence-corrected chi connectivity index (χ0v) is 8.77. The molecule has 0 spiro atoms. The molecule has 0 aromatic rings. The molecule has 1 unspecified atom stereocenters. The molecule has 3 nitrogen and oxygen atoms in total. The predicted molar refractivity (Wildman–Crippen MR) is 52.1 cm³/mol. The second kappa shape index (κ2) is 3.70. The Bertz CT molecular complexity index is 281. The summed E-state index contributed by atoms with van der Waals surface area (Å²) in [7, 11) is -2.77. The Morgan fingerprint density at radius 1 is 1.62 bits per heavy atom. The van der Waals surface area contributed by atoms with E-state index in [1.165, 1.54) is 6.26 Å². The van der Waals surface area contributed by atoms with Gasteiger partial charge in [0.15, 0.2) is 9.84 Å². The highest BCUT2D eigenvalue weighted by Crippen LogP contribution is 2.34. The van der Waals surface area contributed by atoms with E-state index in [1.807, 2.05) is 6.92 Å². The molecule has 0 saturated carbocycles. The van der Waals surface area contributed by atoms with Gasteiger partial charge in [-0.2, -0.15) is 0 Å². The van der Waals surface area contributed by atoms with Crippen LogP contribution in [0.15, 0.2) is 12.8 Å². The second-order valence-electron chi connectivity index (χ2n) is 3.94. The summed E-state index contributed by atoms with van der Waals surface area (Å²) in [6, 6.07) is 0. The monoisotopic (exact) mass is 204 g/mol. The highest BCUT2D eigenvalue weighted by Gasteiger charge is 2.37. The van der Waals surface area contributed by atoms with E-state index in [-0.39, 0.29) is 5.41 Å². The molecule has 1 aliphatic heterocycles. The third-order valence-electron chi connectivity index (χ3n) is 2.53. The van der Waals surface area contributed by atoms with Crippen molar-refractivity contribution in [3.8, 4) is 0 Å². The van der Waals surface area contributed by atoms with Crippen LogP contribution in [-0.4, -0.2) is 26.5 Å². The molecule has 0 aromatic heterocycles. The molecule has 1 atom stereocenters. The molecule has 0 aromatic carbocycles. The molecular formula is C9H16O3S. The molecule has 13 heavy (non-hydrogen) atoms. The lowest BCUT2D eigenvalue weighted by atomic mass is 9.87. The zero-order chi connectivity index (χ0) is 9.95. The van der Waals surface area contributed by atoms with Crippen LogP contribution in [0.4, 0.5) is 0 Å². The van der Waals surface area contributed by atoms with Gasteiger partial charge in [-0.3, -0.25) is 0 Å². The number of ether oxygens (including phenoxy) is 1. The second-order valence-corrected chi connectivity index (χ2v) is 6.12. The van der Waals surface area contributed by atoms with Crippen molar-refractivity contribution in [3.05, 3.63) is 12.8 Å². The van der Waals surface area contributed by atoms with Crippen LogP contribution in [-0.2, 0) is 14.6 Å². The number of sulfone groups is 1. The van der Waals surface area contributed by atoms with Crippen molar-refractivity contribution in [2.24, 2.45) is 5.41 Å². The number of rotatable bonds is 4. The summed E-state index contributed by atoms with van der Waals surface area (Å²) in [6.45, 7) is 6.00. The fourth-order valence-corrected chi connectivity index (χ4v) is 3.96. The lowest BCUT2D eigenvalue weighted by Crippen LogP contribution is -2.19. The molecule has 0 amide bonds. The average molecular weight is 204 g/mol. The van der Waals surface area contributed by atoms with Crippen LogP contribution in [0, 0.1) is 5.41 Å². The molecule has 1 fully saturated rings. The van der Waals surface area contributed by atoms with Gasteiger partial charge in [-0.1, -0.05) is 13.5 Å². The topological polar surface area (TPSA) is 43.4 Å². The van der Waals surface area contributed by atoms with E-state index in [1.54, 1.807) is 0 Å². The van der Waals surface area contributed by atoms with Gasteiger partial charge in [-0.15, -0.1) is 0 Å². The molecule has 0 bridgehead atoms. The first-order chi connectivity index (χ1) is 5.97. The molecule has 1 heterocycles. The van der Waals surface area contributed by atoms with Crippen LogP contribution >= 0.6 is 0 Å². The highest BCUT2D eigenvalue weighted by atomic mass is 32.2. The van der Waals surface area contributed by atoms with Crippen molar-refractivity contribution < 1.29 is 13.2 Å². The summed E-state index contributed by atoms with van der Waals surface area (Å²) < 4.78 is 27.4. The standard InChI is InChI=1S/C9H16O3S/c1-3-12-6-4-9(2)5-7-13(10,11)8-9/h3H,1,4-8H2,2H3. The summed E-state index contributed by atoms with van der Waals surface area (Å²) in [5.74, 6) is 0.637. The van der Waals surface area contributed by atoms with Crippen molar-refractivity contribution in [2.45, 2.75) is 19.8 Å². The van der Waals surface area contributed by atoms with Crippen molar-refractivity contribution in [3.63, 3.8) is 0 Å². The van der Waals surface area contributed by atoms with E-state index in [0.29, 0.717) is 18.1 Å². The largest absolute Gasteiger partial charge is 0.502 e. The first kappa shape index (κ1) is 10.6. The Hall–Kier alpha value is -0.510. The van der Waals surface area contributed by atoms with E-state index in [9.17, 15) is 8.42 Å². The van der Waals surface area contributed by atoms with Crippen LogP contribution in [0.3, 0.4) is 0 Å². The first-order valence-electron chi connectivity index (χ1n) is 4.40. The molecule has 1 aliphatic rings. The molecule has 4 heteroatoms. The lowest BCUT2D eigenvalue weighted by Gasteiger charge is -2.20. The van der Waals surface area contributed by atoms with Crippen LogP contribution in [0.25, 0.3) is 0 Å². The Labute approximate surface area is 79.7 Å². The minimum absolute atomic E-state index is 0.0815. The molecule has 76 valence electrons. The van der Waals surface area contributed by atoms with E-state index in [4.69, 9.17) is 4.74 Å². The van der Waals surface area contributed by atoms with Gasteiger partial charge in [0.2, 0.25) is 0 Å². The fraction of sp³-hybridized carbons (Fsp3) is 0.778. The van der Waals surface area contributed by atoms with Crippen molar-refractivity contribution in [1.82, 2.24) is 0 Å². The summed E-state index contributed by atoms with van der Waals surface area (Å²) in [4.78, 5) is 0. The van der Waals surface area contributed by atoms with Crippen LogP contribution in [0.2, 0.25) is 0 Å². The van der Waals surface area contributed by atoms with E-state index in [0.717, 1.165) is 12.8 Å². The normalized spacial score (nSPS) is 31.5. The van der Waals surface area contributed by atoms with Gasteiger partial charge in [-0.25, -0.2) is 8.42 Å². The molecule has 1 saturated heterocycles. The van der Waals surface area contributed by atoms with Crippen molar-refractivity contribution in [2.75, 3.05) is 18.1 Å². The summed E-state index contributed by atoms with van der Waals surface area (Å²) >= 11 is 0. The minimum Gasteiger partial charge on any atom is -0.502 e. The Morgan fingerprint density at radius 2 is 2.31 bits per heavy atom. The maximum Gasteiger partial charge on any atom is 0.150 e. The van der Waals surface area contributed by atoms with Gasteiger partial charge >= 0.3 is 0 Å². The summed E-state index contributed by atoms with van der Waals surface area (Å²) in [6.07, 6.45) is 2.95. The van der Waals surface area contributed by atoms with E-state index >= 15 is 0 Å². The quantitative estimate of drug-likeness (QED) is 0.513. The fourth-order valence-electron chi connectivity index (χ4n) is 1.66. The highest BCUT2D eigenvalue weighted by molar-refractivity contribution is 7.91. The summed E-state index contributed by atoms with van der Waals surface area (Å²) in [5.41, 5.74) is -0.0815. The molecule has 1 rings (SSSR count). The van der Waals surface area contributed by atoms with Crippen molar-refractivity contribution >= 4 is 9.84 Å². The van der Waals surface area contributed by atoms with Crippen LogP contribution in [0.1, 0.15) is 19.8 Å². The number of hydrogen-bond acceptors (Lipinski definition) is 3. The van der Waals surface area contributed by atoms with Gasteiger partial charge < -0.3 is 4.74 Å². The van der Waals surface area contributed by atoms with Gasteiger partial charge in [-0.05, 0) is 18.3 Å². The predicted octanol–water partition coefficient (Wildman–Crippen LogP) is 1.36. The Morgan fingerprint density at radius 3 is 2.77 bits per heavy atom. The van der Waals surface area contributed by atoms with Gasteiger partial charge in [0, 0.05) is 0 Å². The van der Waals surface area contributed by atoms with E-state index < -0.39 is 9.84 Å². The van der Waals surface area contributed by atoms with Gasteiger partial charge in [0.05, 0.1) is 24.4 Å². The Balaban J connectivity index is 2.45. The molecular weight excluding hydrogens is 188 g/mol. The van der Waals surface area contributed by atoms with Crippen molar-refractivity contribution in [1.29, 1.82) is 0 Å².